The standard InChI is InChI=1S/C17H19ClFN/c1-2-6-17(13-7-4-3-5-8-13)20-12-14-9-10-15(18)11-16(14)19/h3-5,7-11,17,20H,2,6,12H2,1H3. The van der Waals surface area contributed by atoms with Crippen molar-refractivity contribution in [2.45, 2.75) is 32.4 Å². The lowest BCUT2D eigenvalue weighted by Crippen LogP contribution is -2.21. The predicted octanol–water partition coefficient (Wildman–Crippen LogP) is 5.11. The van der Waals surface area contributed by atoms with Crippen LogP contribution in [0.1, 0.15) is 36.9 Å². The fourth-order valence-electron chi connectivity index (χ4n) is 2.26. The highest BCUT2D eigenvalue weighted by Crippen LogP contribution is 2.20. The molecule has 0 aliphatic heterocycles. The number of halogens is 2. The Balaban J connectivity index is 2.06. The molecule has 0 fully saturated rings. The molecule has 0 aliphatic rings. The summed E-state index contributed by atoms with van der Waals surface area (Å²) in [5.74, 6) is -0.256. The van der Waals surface area contributed by atoms with Crippen molar-refractivity contribution in [2.24, 2.45) is 0 Å². The molecule has 2 aromatic carbocycles. The van der Waals surface area contributed by atoms with Gasteiger partial charge in [-0.15, -0.1) is 0 Å². The fraction of sp³-hybridized carbons (Fsp3) is 0.294. The van der Waals surface area contributed by atoms with E-state index in [0.29, 0.717) is 17.1 Å². The molecule has 1 nitrogen and oxygen atoms in total. The molecule has 1 N–H and O–H groups in total. The smallest absolute Gasteiger partial charge is 0.129 e. The van der Waals surface area contributed by atoms with Crippen molar-refractivity contribution in [1.82, 2.24) is 5.32 Å². The van der Waals surface area contributed by atoms with E-state index in [-0.39, 0.29) is 11.9 Å². The lowest BCUT2D eigenvalue weighted by Gasteiger charge is -2.19. The van der Waals surface area contributed by atoms with E-state index in [1.54, 1.807) is 12.1 Å². The lowest BCUT2D eigenvalue weighted by molar-refractivity contribution is 0.483. The molecular weight excluding hydrogens is 273 g/mol. The highest BCUT2D eigenvalue weighted by Gasteiger charge is 2.11. The summed E-state index contributed by atoms with van der Waals surface area (Å²) in [6, 6.07) is 15.3. The van der Waals surface area contributed by atoms with Gasteiger partial charge in [0, 0.05) is 23.2 Å². The van der Waals surface area contributed by atoms with Crippen LogP contribution in [0.25, 0.3) is 0 Å². The van der Waals surface area contributed by atoms with Crippen molar-refractivity contribution in [3.8, 4) is 0 Å². The Labute approximate surface area is 124 Å². The average molecular weight is 292 g/mol. The third-order valence-electron chi connectivity index (χ3n) is 3.33. The summed E-state index contributed by atoms with van der Waals surface area (Å²) < 4.78 is 13.8. The predicted molar refractivity (Wildman–Crippen MR) is 82.3 cm³/mol. The Kier molecular flexibility index (Phi) is 5.57. The molecule has 2 aromatic rings. The van der Waals surface area contributed by atoms with Crippen LogP contribution in [0.4, 0.5) is 4.39 Å². The zero-order valence-corrected chi connectivity index (χ0v) is 12.3. The SMILES string of the molecule is CCCC(NCc1ccc(Cl)cc1F)c1ccccc1. The first-order chi connectivity index (χ1) is 9.70. The molecule has 1 atom stereocenters. The maximum absolute atomic E-state index is 13.8. The van der Waals surface area contributed by atoms with Crippen LogP contribution < -0.4 is 5.32 Å². The highest BCUT2D eigenvalue weighted by atomic mass is 35.5. The van der Waals surface area contributed by atoms with Gasteiger partial charge < -0.3 is 5.32 Å². The van der Waals surface area contributed by atoms with Crippen LogP contribution in [-0.2, 0) is 6.54 Å². The molecule has 1 unspecified atom stereocenters. The molecular formula is C17H19ClFN. The van der Waals surface area contributed by atoms with Crippen LogP contribution >= 0.6 is 11.6 Å². The maximum atomic E-state index is 13.8. The summed E-state index contributed by atoms with van der Waals surface area (Å²) in [6.07, 6.45) is 2.11. The summed E-state index contributed by atoms with van der Waals surface area (Å²) in [6.45, 7) is 2.66. The van der Waals surface area contributed by atoms with E-state index < -0.39 is 0 Å². The van der Waals surface area contributed by atoms with Gasteiger partial charge >= 0.3 is 0 Å². The minimum absolute atomic E-state index is 0.247. The molecule has 0 aromatic heterocycles. The van der Waals surface area contributed by atoms with E-state index in [1.807, 2.05) is 18.2 Å². The first-order valence-corrected chi connectivity index (χ1v) is 7.30. The molecule has 0 saturated heterocycles. The Bertz CT molecular complexity index is 542. The summed E-state index contributed by atoms with van der Waals surface area (Å²) in [5.41, 5.74) is 1.88. The number of hydrogen-bond donors (Lipinski definition) is 1. The maximum Gasteiger partial charge on any atom is 0.129 e. The molecule has 0 aliphatic carbocycles. The van der Waals surface area contributed by atoms with Crippen LogP contribution in [0.2, 0.25) is 5.02 Å². The van der Waals surface area contributed by atoms with E-state index in [1.165, 1.54) is 11.6 Å². The van der Waals surface area contributed by atoms with Gasteiger partial charge in [0.25, 0.3) is 0 Å². The minimum atomic E-state index is -0.256. The van der Waals surface area contributed by atoms with Crippen LogP contribution in [-0.4, -0.2) is 0 Å². The van der Waals surface area contributed by atoms with Crippen LogP contribution in [0.15, 0.2) is 48.5 Å². The van der Waals surface area contributed by atoms with Gasteiger partial charge in [0.15, 0.2) is 0 Å². The Morgan fingerprint density at radius 1 is 1.15 bits per heavy atom. The minimum Gasteiger partial charge on any atom is -0.306 e. The molecule has 106 valence electrons. The van der Waals surface area contributed by atoms with E-state index in [4.69, 9.17) is 11.6 Å². The zero-order chi connectivity index (χ0) is 14.4. The Morgan fingerprint density at radius 2 is 1.90 bits per heavy atom. The number of hydrogen-bond acceptors (Lipinski definition) is 1. The summed E-state index contributed by atoms with van der Waals surface area (Å²) in [5, 5.41) is 3.86. The van der Waals surface area contributed by atoms with Crippen molar-refractivity contribution in [3.05, 3.63) is 70.5 Å². The second-order valence-corrected chi connectivity index (χ2v) is 5.31. The van der Waals surface area contributed by atoms with E-state index >= 15 is 0 Å². The second kappa shape index (κ2) is 7.41. The second-order valence-electron chi connectivity index (χ2n) is 4.87. The van der Waals surface area contributed by atoms with Gasteiger partial charge in [0.1, 0.15) is 5.82 Å². The molecule has 0 amide bonds. The van der Waals surface area contributed by atoms with Crippen molar-refractivity contribution in [3.63, 3.8) is 0 Å². The molecule has 0 bridgehead atoms. The third kappa shape index (κ3) is 4.06. The quantitative estimate of drug-likeness (QED) is 0.780. The number of nitrogens with one attached hydrogen (secondary N) is 1. The van der Waals surface area contributed by atoms with Gasteiger partial charge in [-0.3, -0.25) is 0 Å². The number of benzene rings is 2. The van der Waals surface area contributed by atoms with Gasteiger partial charge in [-0.05, 0) is 24.1 Å². The van der Waals surface area contributed by atoms with E-state index in [0.717, 1.165) is 12.8 Å². The van der Waals surface area contributed by atoms with Crippen LogP contribution in [0.5, 0.6) is 0 Å². The van der Waals surface area contributed by atoms with Crippen molar-refractivity contribution < 1.29 is 4.39 Å². The van der Waals surface area contributed by atoms with Gasteiger partial charge in [-0.2, -0.15) is 0 Å². The zero-order valence-electron chi connectivity index (χ0n) is 11.6. The fourth-order valence-corrected chi connectivity index (χ4v) is 2.42. The Hall–Kier alpha value is -1.38. The normalized spacial score (nSPS) is 12.3. The molecule has 0 saturated carbocycles. The monoisotopic (exact) mass is 291 g/mol. The molecule has 0 spiro atoms. The average Bonchev–Trinajstić information content (AvgIpc) is 2.46. The molecule has 3 heteroatoms. The van der Waals surface area contributed by atoms with Gasteiger partial charge in [-0.1, -0.05) is 61.3 Å². The van der Waals surface area contributed by atoms with Crippen molar-refractivity contribution >= 4 is 11.6 Å². The third-order valence-corrected chi connectivity index (χ3v) is 3.57. The topological polar surface area (TPSA) is 12.0 Å². The highest BCUT2D eigenvalue weighted by molar-refractivity contribution is 6.30. The van der Waals surface area contributed by atoms with Gasteiger partial charge in [0.2, 0.25) is 0 Å². The lowest BCUT2D eigenvalue weighted by atomic mass is 10.0. The van der Waals surface area contributed by atoms with Gasteiger partial charge in [-0.25, -0.2) is 4.39 Å². The van der Waals surface area contributed by atoms with E-state index in [9.17, 15) is 4.39 Å². The number of rotatable bonds is 6. The van der Waals surface area contributed by atoms with Crippen LogP contribution in [0.3, 0.4) is 0 Å². The van der Waals surface area contributed by atoms with Crippen molar-refractivity contribution in [1.29, 1.82) is 0 Å². The van der Waals surface area contributed by atoms with Crippen molar-refractivity contribution in [2.75, 3.05) is 0 Å². The van der Waals surface area contributed by atoms with Gasteiger partial charge in [0.05, 0.1) is 0 Å². The first kappa shape index (κ1) is 15.0. The molecule has 20 heavy (non-hydrogen) atoms. The molecule has 0 heterocycles. The van der Waals surface area contributed by atoms with E-state index in [2.05, 4.69) is 24.4 Å². The largest absolute Gasteiger partial charge is 0.306 e. The summed E-state index contributed by atoms with van der Waals surface area (Å²) in [7, 11) is 0. The summed E-state index contributed by atoms with van der Waals surface area (Å²) >= 11 is 5.76. The van der Waals surface area contributed by atoms with Crippen LogP contribution in [0, 0.1) is 5.82 Å². The molecule has 2 rings (SSSR count). The summed E-state index contributed by atoms with van der Waals surface area (Å²) in [4.78, 5) is 0. The molecule has 0 radical (unpaired) electrons. The first-order valence-electron chi connectivity index (χ1n) is 6.93. The Morgan fingerprint density at radius 3 is 2.55 bits per heavy atom.